The maximum Gasteiger partial charge on any atom is 0.356 e. The molecule has 0 aliphatic carbocycles. The number of para-hydroxylation sites is 1. The number of hydrogen-bond donors (Lipinski definition) is 0. The van der Waals surface area contributed by atoms with Crippen LogP contribution >= 0.6 is 0 Å². The van der Waals surface area contributed by atoms with Gasteiger partial charge in [0.15, 0.2) is 5.69 Å². The fourth-order valence-electron chi connectivity index (χ4n) is 2.79. The fourth-order valence-corrected chi connectivity index (χ4v) is 2.79. The highest BCUT2D eigenvalue weighted by molar-refractivity contribution is 6.04. The lowest BCUT2D eigenvalue weighted by Crippen LogP contribution is -2.32. The Hall–Kier alpha value is -3.42. The minimum absolute atomic E-state index is 0.0193. The van der Waals surface area contributed by atoms with Crippen molar-refractivity contribution in [2.45, 2.75) is 27.7 Å². The molecule has 0 fully saturated rings. The highest BCUT2D eigenvalue weighted by Crippen LogP contribution is 2.20. The van der Waals surface area contributed by atoms with E-state index >= 15 is 0 Å². The Balaban J connectivity index is 2.97. The number of benzene rings is 1. The molecule has 0 aliphatic heterocycles. The first-order valence-corrected chi connectivity index (χ1v) is 9.24. The first-order valence-electron chi connectivity index (χ1n) is 9.24. The molecule has 0 aliphatic rings. The SMILES string of the molecule is CCOC(=O)c1cn(-c2ccccc2C)c(C(=O)OCC)c(C(=O)OCC)c1=O. The van der Waals surface area contributed by atoms with Gasteiger partial charge in [-0.3, -0.25) is 4.79 Å². The van der Waals surface area contributed by atoms with Crippen LogP contribution in [-0.2, 0) is 14.2 Å². The predicted molar refractivity (Wildman–Crippen MR) is 105 cm³/mol. The van der Waals surface area contributed by atoms with Crippen LogP contribution in [0.1, 0.15) is 57.5 Å². The topological polar surface area (TPSA) is 101 Å². The number of esters is 3. The smallest absolute Gasteiger partial charge is 0.356 e. The molecule has 0 amide bonds. The molecule has 8 nitrogen and oxygen atoms in total. The van der Waals surface area contributed by atoms with Gasteiger partial charge >= 0.3 is 17.9 Å². The second-order valence-corrected chi connectivity index (χ2v) is 5.91. The molecule has 2 aromatic rings. The number of nitrogens with zero attached hydrogens (tertiary/aromatic N) is 1. The summed E-state index contributed by atoms with van der Waals surface area (Å²) in [6.45, 7) is 6.60. The van der Waals surface area contributed by atoms with E-state index in [4.69, 9.17) is 14.2 Å². The van der Waals surface area contributed by atoms with Gasteiger partial charge < -0.3 is 18.8 Å². The van der Waals surface area contributed by atoms with Crippen molar-refractivity contribution in [2.24, 2.45) is 0 Å². The van der Waals surface area contributed by atoms with Crippen molar-refractivity contribution in [3.05, 3.63) is 63.1 Å². The zero-order chi connectivity index (χ0) is 21.6. The van der Waals surface area contributed by atoms with E-state index < -0.39 is 28.9 Å². The summed E-state index contributed by atoms with van der Waals surface area (Å²) in [5.74, 6) is -2.80. The van der Waals surface area contributed by atoms with E-state index in [9.17, 15) is 19.2 Å². The normalized spacial score (nSPS) is 10.3. The van der Waals surface area contributed by atoms with E-state index in [1.807, 2.05) is 0 Å². The summed E-state index contributed by atoms with van der Waals surface area (Å²) in [4.78, 5) is 50.7. The highest BCUT2D eigenvalue weighted by Gasteiger charge is 2.31. The van der Waals surface area contributed by atoms with E-state index in [1.165, 1.54) is 10.8 Å². The molecule has 29 heavy (non-hydrogen) atoms. The number of aromatic nitrogens is 1. The summed E-state index contributed by atoms with van der Waals surface area (Å²) in [5, 5.41) is 0. The average Bonchev–Trinajstić information content (AvgIpc) is 2.68. The van der Waals surface area contributed by atoms with Gasteiger partial charge in [-0.25, -0.2) is 14.4 Å². The largest absolute Gasteiger partial charge is 0.462 e. The highest BCUT2D eigenvalue weighted by atomic mass is 16.5. The summed E-state index contributed by atoms with van der Waals surface area (Å²) < 4.78 is 16.3. The number of carbonyl (C=O) groups is 3. The van der Waals surface area contributed by atoms with Crippen molar-refractivity contribution < 1.29 is 28.6 Å². The van der Waals surface area contributed by atoms with Crippen LogP contribution in [0.3, 0.4) is 0 Å². The van der Waals surface area contributed by atoms with Crippen molar-refractivity contribution in [3.63, 3.8) is 0 Å². The zero-order valence-electron chi connectivity index (χ0n) is 16.8. The van der Waals surface area contributed by atoms with E-state index in [0.29, 0.717) is 5.69 Å². The molecule has 0 N–H and O–H groups in total. The molecule has 154 valence electrons. The minimum Gasteiger partial charge on any atom is -0.462 e. The average molecular weight is 401 g/mol. The van der Waals surface area contributed by atoms with E-state index in [1.54, 1.807) is 52.0 Å². The molecule has 0 saturated carbocycles. The van der Waals surface area contributed by atoms with Gasteiger partial charge in [-0.15, -0.1) is 0 Å². The standard InChI is InChI=1S/C21H23NO7/c1-5-27-19(24)14-12-22(15-11-9-8-10-13(15)4)17(21(26)29-7-3)16(18(14)23)20(25)28-6-2/h8-12H,5-7H2,1-4H3. The van der Waals surface area contributed by atoms with Crippen LogP contribution in [0, 0.1) is 6.92 Å². The van der Waals surface area contributed by atoms with Gasteiger partial charge in [0.25, 0.3) is 0 Å². The monoisotopic (exact) mass is 401 g/mol. The molecule has 1 heterocycles. The Morgan fingerprint density at radius 2 is 1.41 bits per heavy atom. The summed E-state index contributed by atoms with van der Waals surface area (Å²) in [6, 6.07) is 7.00. The Bertz CT molecular complexity index is 991. The molecule has 0 saturated heterocycles. The lowest BCUT2D eigenvalue weighted by atomic mass is 10.1. The van der Waals surface area contributed by atoms with Crippen molar-refractivity contribution in [3.8, 4) is 5.69 Å². The summed E-state index contributed by atoms with van der Waals surface area (Å²) in [5.41, 5.74) is -0.976. The number of pyridine rings is 1. The predicted octanol–water partition coefficient (Wildman–Crippen LogP) is 2.68. The molecule has 8 heteroatoms. The first-order chi connectivity index (χ1) is 13.9. The number of hydrogen-bond acceptors (Lipinski definition) is 7. The van der Waals surface area contributed by atoms with Crippen molar-refractivity contribution in [1.82, 2.24) is 4.57 Å². The third kappa shape index (κ3) is 4.53. The van der Waals surface area contributed by atoms with Gasteiger partial charge in [0.1, 0.15) is 11.1 Å². The lowest BCUT2D eigenvalue weighted by molar-refractivity contribution is 0.0465. The number of ether oxygens (including phenoxy) is 3. The molecule has 2 rings (SSSR count). The van der Waals surface area contributed by atoms with Crippen molar-refractivity contribution in [1.29, 1.82) is 0 Å². The molecular weight excluding hydrogens is 378 g/mol. The Kier molecular flexibility index (Phi) is 7.30. The first kappa shape index (κ1) is 21.9. The summed E-state index contributed by atoms with van der Waals surface area (Å²) in [6.07, 6.45) is 1.19. The van der Waals surface area contributed by atoms with Crippen LogP contribution in [0.4, 0.5) is 0 Å². The number of aryl methyl sites for hydroxylation is 1. The van der Waals surface area contributed by atoms with Crippen molar-refractivity contribution >= 4 is 17.9 Å². The van der Waals surface area contributed by atoms with Crippen LogP contribution < -0.4 is 5.43 Å². The van der Waals surface area contributed by atoms with Gasteiger partial charge in [0, 0.05) is 11.9 Å². The van der Waals surface area contributed by atoms with Crippen LogP contribution in [0.5, 0.6) is 0 Å². The lowest BCUT2D eigenvalue weighted by Gasteiger charge is -2.18. The third-order valence-electron chi connectivity index (χ3n) is 4.03. The second kappa shape index (κ2) is 9.68. The molecule has 0 atom stereocenters. The fraction of sp³-hybridized carbons (Fsp3) is 0.333. The maximum absolute atomic E-state index is 13.0. The Labute approximate surface area is 168 Å². The number of carbonyl (C=O) groups excluding carboxylic acids is 3. The maximum atomic E-state index is 13.0. The molecule has 1 aromatic carbocycles. The van der Waals surface area contributed by atoms with E-state index in [2.05, 4.69) is 0 Å². The second-order valence-electron chi connectivity index (χ2n) is 5.91. The van der Waals surface area contributed by atoms with Gasteiger partial charge in [0.2, 0.25) is 5.43 Å². The number of rotatable bonds is 7. The van der Waals surface area contributed by atoms with Gasteiger partial charge in [-0.05, 0) is 39.3 Å². The molecular formula is C21H23NO7. The molecule has 0 radical (unpaired) electrons. The van der Waals surface area contributed by atoms with Crippen LogP contribution in [0.25, 0.3) is 5.69 Å². The Morgan fingerprint density at radius 1 is 0.862 bits per heavy atom. The van der Waals surface area contributed by atoms with E-state index in [-0.39, 0.29) is 31.1 Å². The van der Waals surface area contributed by atoms with E-state index in [0.717, 1.165) is 5.56 Å². The van der Waals surface area contributed by atoms with Crippen LogP contribution in [0.2, 0.25) is 0 Å². The summed E-state index contributed by atoms with van der Waals surface area (Å²) in [7, 11) is 0. The van der Waals surface area contributed by atoms with Crippen molar-refractivity contribution in [2.75, 3.05) is 19.8 Å². The van der Waals surface area contributed by atoms with Gasteiger partial charge in [0.05, 0.1) is 19.8 Å². The molecule has 0 unspecified atom stereocenters. The zero-order valence-corrected chi connectivity index (χ0v) is 16.8. The Morgan fingerprint density at radius 3 is 2.00 bits per heavy atom. The van der Waals surface area contributed by atoms with Crippen LogP contribution in [0.15, 0.2) is 35.3 Å². The molecule has 0 spiro atoms. The minimum atomic E-state index is -1.02. The third-order valence-corrected chi connectivity index (χ3v) is 4.03. The summed E-state index contributed by atoms with van der Waals surface area (Å²) >= 11 is 0. The van der Waals surface area contributed by atoms with Gasteiger partial charge in [-0.1, -0.05) is 18.2 Å². The van der Waals surface area contributed by atoms with Crippen LogP contribution in [-0.4, -0.2) is 42.3 Å². The molecule has 0 bridgehead atoms. The van der Waals surface area contributed by atoms with Gasteiger partial charge in [-0.2, -0.15) is 0 Å². The quantitative estimate of drug-likeness (QED) is 0.519. The molecule has 1 aromatic heterocycles.